The number of rotatable bonds is 6. The molecule has 3 heteroatoms. The number of likely N-dealkylation sites (tertiary alicyclic amines) is 1. The second kappa shape index (κ2) is 7.34. The molecular weight excluding hydrogens is 212 g/mol. The van der Waals surface area contributed by atoms with Crippen LogP contribution in [0.15, 0.2) is 0 Å². The standard InChI is InChI=1S/C14H30N2O/c1-5-14(17)7-12-6-13(10-16(4)9-12)15-8-11(2)3/h11-15,17H,5-10H2,1-4H3. The minimum atomic E-state index is -0.114. The fraction of sp³-hybridized carbons (Fsp3) is 1.00. The van der Waals surface area contributed by atoms with Gasteiger partial charge in [0.2, 0.25) is 0 Å². The van der Waals surface area contributed by atoms with Crippen LogP contribution in [0.5, 0.6) is 0 Å². The second-order valence-electron chi connectivity index (χ2n) is 6.12. The van der Waals surface area contributed by atoms with Crippen LogP contribution in [0.4, 0.5) is 0 Å². The third-order valence-corrected chi connectivity index (χ3v) is 3.61. The summed E-state index contributed by atoms with van der Waals surface area (Å²) >= 11 is 0. The van der Waals surface area contributed by atoms with Gasteiger partial charge in [0, 0.05) is 19.1 Å². The van der Waals surface area contributed by atoms with Crippen molar-refractivity contribution >= 4 is 0 Å². The quantitative estimate of drug-likeness (QED) is 0.744. The number of nitrogens with one attached hydrogen (secondary N) is 1. The molecule has 0 amide bonds. The van der Waals surface area contributed by atoms with Crippen molar-refractivity contribution in [1.82, 2.24) is 10.2 Å². The van der Waals surface area contributed by atoms with Gasteiger partial charge in [-0.2, -0.15) is 0 Å². The van der Waals surface area contributed by atoms with Crippen molar-refractivity contribution in [3.63, 3.8) is 0 Å². The Kier molecular flexibility index (Phi) is 6.45. The molecule has 0 aromatic heterocycles. The van der Waals surface area contributed by atoms with Crippen molar-refractivity contribution in [3.05, 3.63) is 0 Å². The molecule has 1 aliphatic rings. The molecule has 0 bridgehead atoms. The van der Waals surface area contributed by atoms with Crippen molar-refractivity contribution in [1.29, 1.82) is 0 Å². The third kappa shape index (κ3) is 5.84. The lowest BCUT2D eigenvalue weighted by Gasteiger charge is -2.37. The van der Waals surface area contributed by atoms with Crippen LogP contribution in [0.2, 0.25) is 0 Å². The predicted octanol–water partition coefficient (Wildman–Crippen LogP) is 1.71. The monoisotopic (exact) mass is 242 g/mol. The highest BCUT2D eigenvalue weighted by atomic mass is 16.3. The SMILES string of the molecule is CCC(O)CC1CC(NCC(C)C)CN(C)C1. The molecule has 2 N–H and O–H groups in total. The largest absolute Gasteiger partial charge is 0.393 e. The van der Waals surface area contributed by atoms with E-state index in [0.29, 0.717) is 17.9 Å². The van der Waals surface area contributed by atoms with Crippen LogP contribution < -0.4 is 5.32 Å². The van der Waals surface area contributed by atoms with Gasteiger partial charge >= 0.3 is 0 Å². The lowest BCUT2D eigenvalue weighted by molar-refractivity contribution is 0.0940. The van der Waals surface area contributed by atoms with Crippen LogP contribution >= 0.6 is 0 Å². The molecule has 0 spiro atoms. The summed E-state index contributed by atoms with van der Waals surface area (Å²) in [5.41, 5.74) is 0. The molecule has 0 radical (unpaired) electrons. The average molecular weight is 242 g/mol. The van der Waals surface area contributed by atoms with Gasteiger partial charge < -0.3 is 15.3 Å². The van der Waals surface area contributed by atoms with Gasteiger partial charge in [-0.3, -0.25) is 0 Å². The first-order valence-electron chi connectivity index (χ1n) is 7.11. The lowest BCUT2D eigenvalue weighted by Crippen LogP contribution is -2.49. The average Bonchev–Trinajstić information content (AvgIpc) is 2.25. The van der Waals surface area contributed by atoms with Gasteiger partial charge in [-0.1, -0.05) is 20.8 Å². The molecule has 1 aliphatic heterocycles. The smallest absolute Gasteiger partial charge is 0.0540 e. The van der Waals surface area contributed by atoms with E-state index in [1.807, 2.05) is 0 Å². The molecule has 17 heavy (non-hydrogen) atoms. The lowest BCUT2D eigenvalue weighted by atomic mass is 9.89. The number of aliphatic hydroxyl groups is 1. The number of nitrogens with zero attached hydrogens (tertiary/aromatic N) is 1. The maximum absolute atomic E-state index is 9.76. The topological polar surface area (TPSA) is 35.5 Å². The van der Waals surface area contributed by atoms with Gasteiger partial charge in [0.05, 0.1) is 6.10 Å². The molecule has 0 saturated carbocycles. The van der Waals surface area contributed by atoms with Crippen molar-refractivity contribution in [2.75, 3.05) is 26.7 Å². The van der Waals surface area contributed by atoms with Gasteiger partial charge in [0.1, 0.15) is 0 Å². The number of hydrogen-bond acceptors (Lipinski definition) is 3. The minimum absolute atomic E-state index is 0.114. The van der Waals surface area contributed by atoms with Crippen molar-refractivity contribution < 1.29 is 5.11 Å². The first kappa shape index (κ1) is 14.9. The van der Waals surface area contributed by atoms with Crippen LogP contribution in [0.1, 0.15) is 40.0 Å². The zero-order valence-corrected chi connectivity index (χ0v) is 11.9. The summed E-state index contributed by atoms with van der Waals surface area (Å²) in [4.78, 5) is 2.40. The molecule has 1 fully saturated rings. The van der Waals surface area contributed by atoms with Gasteiger partial charge in [0.15, 0.2) is 0 Å². The highest BCUT2D eigenvalue weighted by Crippen LogP contribution is 2.21. The number of aliphatic hydroxyl groups excluding tert-OH is 1. The molecule has 0 aliphatic carbocycles. The molecule has 102 valence electrons. The van der Waals surface area contributed by atoms with Gasteiger partial charge in [-0.25, -0.2) is 0 Å². The van der Waals surface area contributed by atoms with Crippen LogP contribution in [-0.4, -0.2) is 48.8 Å². The number of hydrogen-bond donors (Lipinski definition) is 2. The third-order valence-electron chi connectivity index (χ3n) is 3.61. The van der Waals surface area contributed by atoms with Gasteiger partial charge in [0.25, 0.3) is 0 Å². The van der Waals surface area contributed by atoms with E-state index in [4.69, 9.17) is 0 Å². The van der Waals surface area contributed by atoms with Crippen LogP contribution in [0, 0.1) is 11.8 Å². The predicted molar refractivity (Wildman–Crippen MR) is 73.1 cm³/mol. The van der Waals surface area contributed by atoms with E-state index < -0.39 is 0 Å². The Bertz CT molecular complexity index is 208. The highest BCUT2D eigenvalue weighted by Gasteiger charge is 2.26. The molecule has 3 unspecified atom stereocenters. The first-order chi connectivity index (χ1) is 8.01. The molecular formula is C14H30N2O. The van der Waals surface area contributed by atoms with E-state index in [1.165, 1.54) is 6.42 Å². The zero-order valence-electron chi connectivity index (χ0n) is 11.9. The number of likely N-dealkylation sites (N-methyl/N-ethyl adjacent to an activating group) is 1. The second-order valence-corrected chi connectivity index (χ2v) is 6.12. The summed E-state index contributed by atoms with van der Waals surface area (Å²) in [6.45, 7) is 9.94. The molecule has 0 aromatic carbocycles. The molecule has 1 rings (SSSR count). The van der Waals surface area contributed by atoms with E-state index in [9.17, 15) is 5.11 Å². The Balaban J connectivity index is 2.36. The van der Waals surface area contributed by atoms with Gasteiger partial charge in [-0.15, -0.1) is 0 Å². The molecule has 3 atom stereocenters. The number of piperidine rings is 1. The van der Waals surface area contributed by atoms with E-state index in [-0.39, 0.29) is 6.10 Å². The Hall–Kier alpha value is -0.120. The Morgan fingerprint density at radius 3 is 2.65 bits per heavy atom. The maximum Gasteiger partial charge on any atom is 0.0540 e. The van der Waals surface area contributed by atoms with Crippen molar-refractivity contribution in [3.8, 4) is 0 Å². The molecule has 1 heterocycles. The fourth-order valence-corrected chi connectivity index (χ4v) is 2.72. The maximum atomic E-state index is 9.76. The van der Waals surface area contributed by atoms with E-state index in [2.05, 4.69) is 38.0 Å². The van der Waals surface area contributed by atoms with E-state index in [0.717, 1.165) is 32.5 Å². The Labute approximate surface area is 107 Å². The normalized spacial score (nSPS) is 28.6. The van der Waals surface area contributed by atoms with Gasteiger partial charge in [-0.05, 0) is 44.7 Å². The Morgan fingerprint density at radius 1 is 1.35 bits per heavy atom. The summed E-state index contributed by atoms with van der Waals surface area (Å²) in [5.74, 6) is 1.36. The van der Waals surface area contributed by atoms with Crippen LogP contribution in [0.25, 0.3) is 0 Å². The minimum Gasteiger partial charge on any atom is -0.393 e. The Morgan fingerprint density at radius 2 is 2.06 bits per heavy atom. The molecule has 1 saturated heterocycles. The summed E-state index contributed by atoms with van der Waals surface area (Å²) in [5, 5.41) is 13.4. The molecule has 0 aromatic rings. The van der Waals surface area contributed by atoms with E-state index in [1.54, 1.807) is 0 Å². The first-order valence-corrected chi connectivity index (χ1v) is 7.11. The van der Waals surface area contributed by atoms with Crippen molar-refractivity contribution in [2.24, 2.45) is 11.8 Å². The van der Waals surface area contributed by atoms with Crippen LogP contribution in [0.3, 0.4) is 0 Å². The summed E-state index contributed by atoms with van der Waals surface area (Å²) in [6, 6.07) is 0.602. The van der Waals surface area contributed by atoms with Crippen molar-refractivity contribution in [2.45, 2.75) is 52.2 Å². The summed E-state index contributed by atoms with van der Waals surface area (Å²) in [7, 11) is 2.19. The summed E-state index contributed by atoms with van der Waals surface area (Å²) in [6.07, 6.45) is 2.94. The summed E-state index contributed by atoms with van der Waals surface area (Å²) < 4.78 is 0. The highest BCUT2D eigenvalue weighted by molar-refractivity contribution is 4.83. The zero-order chi connectivity index (χ0) is 12.8. The van der Waals surface area contributed by atoms with Crippen LogP contribution in [-0.2, 0) is 0 Å². The van der Waals surface area contributed by atoms with E-state index >= 15 is 0 Å². The molecule has 3 nitrogen and oxygen atoms in total. The fourth-order valence-electron chi connectivity index (χ4n) is 2.72.